The molecule has 0 aliphatic rings. The minimum atomic E-state index is -0.414. The molecule has 0 amide bonds. The highest BCUT2D eigenvalue weighted by atomic mass is 16.6. The zero-order valence-corrected chi connectivity index (χ0v) is 13.2. The van der Waals surface area contributed by atoms with Crippen molar-refractivity contribution in [1.82, 2.24) is 9.97 Å². The Morgan fingerprint density at radius 2 is 1.48 bits per heavy atom. The zero-order chi connectivity index (χ0) is 17.2. The molecule has 5 heteroatoms. The van der Waals surface area contributed by atoms with Crippen molar-refractivity contribution in [2.75, 3.05) is 0 Å². The van der Waals surface area contributed by atoms with Crippen molar-refractivity contribution in [3.8, 4) is 22.6 Å². The van der Waals surface area contributed by atoms with E-state index in [-0.39, 0.29) is 5.69 Å². The first-order valence-corrected chi connectivity index (χ1v) is 7.79. The molecule has 3 aromatic carbocycles. The van der Waals surface area contributed by atoms with E-state index in [4.69, 9.17) is 4.98 Å². The number of aromatic nitrogens is 2. The van der Waals surface area contributed by atoms with Crippen molar-refractivity contribution >= 4 is 16.6 Å². The summed E-state index contributed by atoms with van der Waals surface area (Å²) in [5, 5.41) is 12.0. The van der Waals surface area contributed by atoms with Crippen LogP contribution in [0.25, 0.3) is 33.5 Å². The molecular weight excluding hydrogens is 314 g/mol. The van der Waals surface area contributed by atoms with Crippen LogP contribution in [0.3, 0.4) is 0 Å². The van der Waals surface area contributed by atoms with Crippen molar-refractivity contribution in [2.45, 2.75) is 0 Å². The van der Waals surface area contributed by atoms with Crippen LogP contribution in [0.4, 0.5) is 5.69 Å². The molecule has 120 valence electrons. The van der Waals surface area contributed by atoms with Gasteiger partial charge in [-0.3, -0.25) is 10.1 Å². The number of fused-ring (bicyclic) bond motifs is 1. The fraction of sp³-hybridized carbons (Fsp3) is 0. The summed E-state index contributed by atoms with van der Waals surface area (Å²) in [7, 11) is 0. The highest BCUT2D eigenvalue weighted by molar-refractivity contribution is 5.93. The standard InChI is InChI=1S/C20H13N3O2/c24-23(25)16-10-6-9-15(13-16)20-21-18-12-5-4-11-17(18)19(22-20)14-7-2-1-3-8-14/h1-13H. The maximum Gasteiger partial charge on any atom is 0.270 e. The highest BCUT2D eigenvalue weighted by Crippen LogP contribution is 2.29. The number of hydrogen-bond acceptors (Lipinski definition) is 4. The van der Waals surface area contributed by atoms with Gasteiger partial charge in [-0.2, -0.15) is 0 Å². The van der Waals surface area contributed by atoms with Gasteiger partial charge in [-0.05, 0) is 6.07 Å². The van der Waals surface area contributed by atoms with Gasteiger partial charge in [0, 0.05) is 28.6 Å². The number of para-hydroxylation sites is 1. The molecular formula is C20H13N3O2. The maximum absolute atomic E-state index is 11.0. The fourth-order valence-electron chi connectivity index (χ4n) is 2.78. The van der Waals surface area contributed by atoms with E-state index in [9.17, 15) is 10.1 Å². The zero-order valence-electron chi connectivity index (χ0n) is 13.2. The van der Waals surface area contributed by atoms with Gasteiger partial charge in [0.25, 0.3) is 5.69 Å². The Bertz CT molecular complexity index is 1080. The average molecular weight is 327 g/mol. The third-order valence-electron chi connectivity index (χ3n) is 3.97. The fourth-order valence-corrected chi connectivity index (χ4v) is 2.78. The lowest BCUT2D eigenvalue weighted by Crippen LogP contribution is -1.96. The minimum absolute atomic E-state index is 0.0236. The summed E-state index contributed by atoms with van der Waals surface area (Å²) >= 11 is 0. The van der Waals surface area contributed by atoms with E-state index in [2.05, 4.69) is 4.98 Å². The maximum atomic E-state index is 11.0. The second-order valence-corrected chi connectivity index (χ2v) is 5.59. The summed E-state index contributed by atoms with van der Waals surface area (Å²) < 4.78 is 0. The number of non-ortho nitro benzene ring substituents is 1. The number of nitro benzene ring substituents is 1. The molecule has 5 nitrogen and oxygen atoms in total. The molecule has 25 heavy (non-hydrogen) atoms. The molecule has 1 aromatic heterocycles. The molecule has 4 rings (SSSR count). The van der Waals surface area contributed by atoms with E-state index in [1.54, 1.807) is 12.1 Å². The topological polar surface area (TPSA) is 68.9 Å². The van der Waals surface area contributed by atoms with Crippen LogP contribution in [0.5, 0.6) is 0 Å². The van der Waals surface area contributed by atoms with E-state index in [1.807, 2.05) is 54.6 Å². The number of benzene rings is 3. The van der Waals surface area contributed by atoms with Gasteiger partial charge in [0.05, 0.1) is 16.1 Å². The van der Waals surface area contributed by atoms with Gasteiger partial charge in [-0.1, -0.05) is 60.7 Å². The largest absolute Gasteiger partial charge is 0.270 e. The molecule has 0 spiro atoms. The van der Waals surface area contributed by atoms with Crippen LogP contribution in [0.1, 0.15) is 0 Å². The van der Waals surface area contributed by atoms with Gasteiger partial charge in [0.1, 0.15) is 0 Å². The van der Waals surface area contributed by atoms with E-state index < -0.39 is 4.92 Å². The molecule has 0 fully saturated rings. The van der Waals surface area contributed by atoms with Crippen molar-refractivity contribution in [3.63, 3.8) is 0 Å². The lowest BCUT2D eigenvalue weighted by molar-refractivity contribution is -0.384. The first kappa shape index (κ1) is 15.0. The summed E-state index contributed by atoms with van der Waals surface area (Å²) in [5.74, 6) is 0.473. The lowest BCUT2D eigenvalue weighted by Gasteiger charge is -2.09. The molecule has 4 aromatic rings. The summed E-state index contributed by atoms with van der Waals surface area (Å²) in [5.41, 5.74) is 3.24. The average Bonchev–Trinajstić information content (AvgIpc) is 2.68. The van der Waals surface area contributed by atoms with Gasteiger partial charge in [-0.25, -0.2) is 9.97 Å². The molecule has 0 aliphatic heterocycles. The second-order valence-electron chi connectivity index (χ2n) is 5.59. The van der Waals surface area contributed by atoms with Crippen LogP contribution in [-0.2, 0) is 0 Å². The molecule has 0 saturated heterocycles. The Labute approximate surface area is 143 Å². The predicted molar refractivity (Wildman–Crippen MR) is 97.1 cm³/mol. The molecule has 0 radical (unpaired) electrons. The summed E-state index contributed by atoms with van der Waals surface area (Å²) in [6.07, 6.45) is 0. The molecule has 0 bridgehead atoms. The third kappa shape index (κ3) is 2.83. The van der Waals surface area contributed by atoms with Gasteiger partial charge >= 0.3 is 0 Å². The van der Waals surface area contributed by atoms with Gasteiger partial charge in [-0.15, -0.1) is 0 Å². The summed E-state index contributed by atoms with van der Waals surface area (Å²) in [4.78, 5) is 19.9. The SMILES string of the molecule is O=[N+]([O-])c1cccc(-c2nc(-c3ccccc3)c3ccccc3n2)c1. The Balaban J connectivity index is 1.97. The quantitative estimate of drug-likeness (QED) is 0.397. The summed E-state index contributed by atoms with van der Waals surface area (Å²) in [6, 6.07) is 24.0. The summed E-state index contributed by atoms with van der Waals surface area (Å²) in [6.45, 7) is 0. The first-order chi connectivity index (χ1) is 12.2. The molecule has 0 saturated carbocycles. The molecule has 0 unspecified atom stereocenters. The Morgan fingerprint density at radius 1 is 0.760 bits per heavy atom. The van der Waals surface area contributed by atoms with Crippen molar-refractivity contribution in [2.24, 2.45) is 0 Å². The monoisotopic (exact) mass is 327 g/mol. The van der Waals surface area contributed by atoms with Crippen LogP contribution in [-0.4, -0.2) is 14.9 Å². The number of rotatable bonds is 3. The first-order valence-electron chi connectivity index (χ1n) is 7.79. The molecule has 0 N–H and O–H groups in total. The van der Waals surface area contributed by atoms with Gasteiger partial charge < -0.3 is 0 Å². The van der Waals surface area contributed by atoms with E-state index in [0.717, 1.165) is 22.2 Å². The number of hydrogen-bond donors (Lipinski definition) is 0. The Morgan fingerprint density at radius 3 is 2.28 bits per heavy atom. The molecule has 0 aliphatic carbocycles. The second kappa shape index (κ2) is 6.13. The third-order valence-corrected chi connectivity index (χ3v) is 3.97. The Hall–Kier alpha value is -3.60. The van der Waals surface area contributed by atoms with E-state index in [0.29, 0.717) is 11.4 Å². The number of nitrogens with zero attached hydrogens (tertiary/aromatic N) is 3. The normalized spacial score (nSPS) is 10.7. The van der Waals surface area contributed by atoms with Gasteiger partial charge in [0.2, 0.25) is 0 Å². The molecule has 1 heterocycles. The van der Waals surface area contributed by atoms with E-state index >= 15 is 0 Å². The van der Waals surface area contributed by atoms with Crippen LogP contribution in [0, 0.1) is 10.1 Å². The smallest absolute Gasteiger partial charge is 0.258 e. The van der Waals surface area contributed by atoms with E-state index in [1.165, 1.54) is 12.1 Å². The van der Waals surface area contributed by atoms with Crippen LogP contribution in [0.2, 0.25) is 0 Å². The van der Waals surface area contributed by atoms with Crippen molar-refractivity contribution in [1.29, 1.82) is 0 Å². The van der Waals surface area contributed by atoms with Crippen LogP contribution < -0.4 is 0 Å². The van der Waals surface area contributed by atoms with Crippen LogP contribution in [0.15, 0.2) is 78.9 Å². The van der Waals surface area contributed by atoms with Gasteiger partial charge in [0.15, 0.2) is 5.82 Å². The lowest BCUT2D eigenvalue weighted by atomic mass is 10.1. The Kier molecular flexibility index (Phi) is 3.67. The minimum Gasteiger partial charge on any atom is -0.258 e. The van der Waals surface area contributed by atoms with Crippen molar-refractivity contribution in [3.05, 3.63) is 89.0 Å². The van der Waals surface area contributed by atoms with Crippen LogP contribution >= 0.6 is 0 Å². The number of nitro groups is 1. The molecule has 0 atom stereocenters. The highest BCUT2D eigenvalue weighted by Gasteiger charge is 2.13. The van der Waals surface area contributed by atoms with Crippen molar-refractivity contribution < 1.29 is 4.92 Å². The predicted octanol–water partition coefficient (Wildman–Crippen LogP) is 4.87.